The fourth-order valence-corrected chi connectivity index (χ4v) is 3.05. The minimum Gasteiger partial charge on any atom is -0.367 e. The Morgan fingerprint density at radius 2 is 2.00 bits per heavy atom. The van der Waals surface area contributed by atoms with Gasteiger partial charge >= 0.3 is 6.18 Å². The van der Waals surface area contributed by atoms with Gasteiger partial charge in [0.05, 0.1) is 16.3 Å². The molecule has 1 aliphatic carbocycles. The predicted molar refractivity (Wildman–Crippen MR) is 73.2 cm³/mol. The molecule has 1 heterocycles. The molecule has 2 aliphatic rings. The minimum atomic E-state index is -4.35. The van der Waals surface area contributed by atoms with Crippen molar-refractivity contribution in [1.82, 2.24) is 5.32 Å². The second-order valence-electron chi connectivity index (χ2n) is 5.51. The van der Waals surface area contributed by atoms with Crippen LogP contribution in [0.4, 0.5) is 18.9 Å². The lowest BCUT2D eigenvalue weighted by molar-refractivity contribution is -0.137. The highest BCUT2D eigenvalue weighted by molar-refractivity contribution is 6.33. The Bertz CT molecular complexity index is 500. The highest BCUT2D eigenvalue weighted by atomic mass is 35.5. The first kappa shape index (κ1) is 14.0. The average Bonchev–Trinajstić information content (AvgIpc) is 3.22. The number of nitrogens with zero attached hydrogens (tertiary/aromatic N) is 1. The molecule has 0 radical (unpaired) electrons. The van der Waals surface area contributed by atoms with Crippen LogP contribution in [0.15, 0.2) is 18.2 Å². The lowest BCUT2D eigenvalue weighted by Crippen LogP contribution is -2.51. The van der Waals surface area contributed by atoms with Gasteiger partial charge in [-0.3, -0.25) is 0 Å². The lowest BCUT2D eigenvalue weighted by Gasteiger charge is -2.36. The summed E-state index contributed by atoms with van der Waals surface area (Å²) in [4.78, 5) is 2.09. The van der Waals surface area contributed by atoms with Gasteiger partial charge in [0.25, 0.3) is 0 Å². The summed E-state index contributed by atoms with van der Waals surface area (Å²) in [5.41, 5.74) is 0.00643. The monoisotopic (exact) mass is 304 g/mol. The fraction of sp³-hybridized carbons (Fsp3) is 0.571. The molecule has 0 amide bonds. The maximum Gasteiger partial charge on any atom is 0.416 e. The third kappa shape index (κ3) is 2.88. The standard InChI is InChI=1S/C14H16ClF3N2/c15-11-7-10(14(16,17)18)3-4-13(11)20-6-5-19-12(8-20)9-1-2-9/h3-4,7,9,12,19H,1-2,5-6,8H2. The minimum absolute atomic E-state index is 0.177. The number of anilines is 1. The maximum atomic E-state index is 12.6. The molecule has 20 heavy (non-hydrogen) atoms. The number of alkyl halides is 3. The highest BCUT2D eigenvalue weighted by Crippen LogP contribution is 2.37. The Morgan fingerprint density at radius 1 is 1.25 bits per heavy atom. The van der Waals surface area contributed by atoms with Crippen LogP contribution in [0.1, 0.15) is 18.4 Å². The molecule has 1 aliphatic heterocycles. The molecule has 1 unspecified atom stereocenters. The van der Waals surface area contributed by atoms with Gasteiger partial charge in [0.1, 0.15) is 0 Å². The number of benzene rings is 1. The maximum absolute atomic E-state index is 12.6. The van der Waals surface area contributed by atoms with Crippen molar-refractivity contribution < 1.29 is 13.2 Å². The van der Waals surface area contributed by atoms with Crippen LogP contribution in [0, 0.1) is 5.92 Å². The van der Waals surface area contributed by atoms with Crippen LogP contribution in [-0.4, -0.2) is 25.7 Å². The Hall–Kier alpha value is -0.940. The average molecular weight is 305 g/mol. The second-order valence-corrected chi connectivity index (χ2v) is 5.92. The molecule has 0 spiro atoms. The summed E-state index contributed by atoms with van der Waals surface area (Å²) < 4.78 is 37.9. The van der Waals surface area contributed by atoms with Crippen LogP contribution in [0.2, 0.25) is 5.02 Å². The van der Waals surface area contributed by atoms with Gasteiger partial charge in [-0.05, 0) is 37.0 Å². The van der Waals surface area contributed by atoms with E-state index < -0.39 is 11.7 Å². The molecule has 1 atom stereocenters. The molecule has 2 nitrogen and oxygen atoms in total. The van der Waals surface area contributed by atoms with Crippen LogP contribution in [0.25, 0.3) is 0 Å². The molecule has 0 aromatic heterocycles. The van der Waals surface area contributed by atoms with Crippen LogP contribution >= 0.6 is 11.6 Å². The Kier molecular flexibility index (Phi) is 3.58. The topological polar surface area (TPSA) is 15.3 Å². The van der Waals surface area contributed by atoms with E-state index in [4.69, 9.17) is 11.6 Å². The van der Waals surface area contributed by atoms with E-state index in [1.165, 1.54) is 18.9 Å². The zero-order chi connectivity index (χ0) is 14.3. The van der Waals surface area contributed by atoms with Crippen LogP contribution < -0.4 is 10.2 Å². The molecule has 1 saturated carbocycles. The molecule has 2 fully saturated rings. The summed E-state index contributed by atoms with van der Waals surface area (Å²) in [6.07, 6.45) is -1.86. The lowest BCUT2D eigenvalue weighted by atomic mass is 10.1. The first-order valence-electron chi connectivity index (χ1n) is 6.80. The van der Waals surface area contributed by atoms with Crippen molar-refractivity contribution in [1.29, 1.82) is 0 Å². The van der Waals surface area contributed by atoms with Crippen molar-refractivity contribution in [2.75, 3.05) is 24.5 Å². The highest BCUT2D eigenvalue weighted by Gasteiger charge is 2.35. The molecule has 1 aromatic rings. The third-order valence-electron chi connectivity index (χ3n) is 4.01. The molecule has 0 bridgehead atoms. The van der Waals surface area contributed by atoms with Gasteiger partial charge in [-0.2, -0.15) is 13.2 Å². The van der Waals surface area contributed by atoms with E-state index in [1.54, 1.807) is 0 Å². The van der Waals surface area contributed by atoms with Crippen LogP contribution in [0.3, 0.4) is 0 Å². The van der Waals surface area contributed by atoms with Gasteiger partial charge in [-0.1, -0.05) is 11.6 Å². The molecular weight excluding hydrogens is 289 g/mol. The van der Waals surface area contributed by atoms with Crippen molar-refractivity contribution in [3.05, 3.63) is 28.8 Å². The van der Waals surface area contributed by atoms with Crippen molar-refractivity contribution in [3.8, 4) is 0 Å². The number of rotatable bonds is 2. The molecule has 1 aromatic carbocycles. The second kappa shape index (κ2) is 5.11. The summed E-state index contributed by atoms with van der Waals surface area (Å²) >= 11 is 6.05. The number of hydrogen-bond donors (Lipinski definition) is 1. The molecular formula is C14H16ClF3N2. The van der Waals surface area contributed by atoms with Crippen LogP contribution in [-0.2, 0) is 6.18 Å². The van der Waals surface area contributed by atoms with E-state index in [0.29, 0.717) is 17.6 Å². The predicted octanol–water partition coefficient (Wildman–Crippen LogP) is 3.55. The zero-order valence-electron chi connectivity index (χ0n) is 10.9. The van der Waals surface area contributed by atoms with E-state index in [9.17, 15) is 13.2 Å². The fourth-order valence-electron chi connectivity index (χ4n) is 2.75. The summed E-state index contributed by atoms with van der Waals surface area (Å²) in [5, 5.41) is 3.65. The summed E-state index contributed by atoms with van der Waals surface area (Å²) in [7, 11) is 0. The van der Waals surface area contributed by atoms with Gasteiger partial charge in [-0.25, -0.2) is 0 Å². The molecule has 110 valence electrons. The van der Waals surface area contributed by atoms with E-state index >= 15 is 0 Å². The van der Waals surface area contributed by atoms with Gasteiger partial charge in [0.15, 0.2) is 0 Å². The summed E-state index contributed by atoms with van der Waals surface area (Å²) in [6.45, 7) is 2.43. The number of hydrogen-bond acceptors (Lipinski definition) is 2. The first-order valence-corrected chi connectivity index (χ1v) is 7.18. The van der Waals surface area contributed by atoms with Crippen molar-refractivity contribution in [2.24, 2.45) is 5.92 Å². The molecule has 1 saturated heterocycles. The van der Waals surface area contributed by atoms with Gasteiger partial charge in [0.2, 0.25) is 0 Å². The van der Waals surface area contributed by atoms with Gasteiger partial charge < -0.3 is 10.2 Å². The number of nitrogens with one attached hydrogen (secondary N) is 1. The SMILES string of the molecule is FC(F)(F)c1ccc(N2CCNC(C3CC3)C2)c(Cl)c1. The van der Waals surface area contributed by atoms with Crippen molar-refractivity contribution in [3.63, 3.8) is 0 Å². The number of halogens is 4. The molecule has 1 N–H and O–H groups in total. The zero-order valence-corrected chi connectivity index (χ0v) is 11.6. The van der Waals surface area contributed by atoms with Gasteiger partial charge in [0, 0.05) is 25.7 Å². The van der Waals surface area contributed by atoms with Crippen molar-refractivity contribution in [2.45, 2.75) is 25.1 Å². The largest absolute Gasteiger partial charge is 0.416 e. The Morgan fingerprint density at radius 3 is 2.60 bits per heavy atom. The van der Waals surface area contributed by atoms with Gasteiger partial charge in [-0.15, -0.1) is 0 Å². The Balaban J connectivity index is 1.79. The van der Waals surface area contributed by atoms with E-state index in [1.807, 2.05) is 0 Å². The van der Waals surface area contributed by atoms with Crippen LogP contribution in [0.5, 0.6) is 0 Å². The van der Waals surface area contributed by atoms with Crippen molar-refractivity contribution >= 4 is 17.3 Å². The molecule has 3 rings (SSSR count). The quantitative estimate of drug-likeness (QED) is 0.899. The first-order chi connectivity index (χ1) is 9.45. The van der Waals surface area contributed by atoms with E-state index in [-0.39, 0.29) is 5.02 Å². The third-order valence-corrected chi connectivity index (χ3v) is 4.31. The smallest absolute Gasteiger partial charge is 0.367 e. The molecule has 6 heteroatoms. The number of piperazine rings is 1. The Labute approximate surface area is 120 Å². The summed E-state index contributed by atoms with van der Waals surface area (Å²) in [5.74, 6) is 0.714. The van der Waals surface area contributed by atoms with E-state index in [0.717, 1.165) is 31.8 Å². The summed E-state index contributed by atoms with van der Waals surface area (Å²) in [6, 6.07) is 4.04. The normalized spacial score (nSPS) is 24.0. The van der Waals surface area contributed by atoms with E-state index in [2.05, 4.69) is 10.2 Å².